The van der Waals surface area contributed by atoms with Gasteiger partial charge in [0.2, 0.25) is 0 Å². The first-order valence-electron chi connectivity index (χ1n) is 6.27. The lowest BCUT2D eigenvalue weighted by Gasteiger charge is -2.11. The zero-order chi connectivity index (χ0) is 14.2. The number of rotatable bonds is 4. The molecule has 0 bridgehead atoms. The van der Waals surface area contributed by atoms with Crippen molar-refractivity contribution in [3.8, 4) is 0 Å². The summed E-state index contributed by atoms with van der Waals surface area (Å²) in [6.45, 7) is 5.51. The molecule has 0 saturated carbocycles. The molecule has 0 aliphatic heterocycles. The standard InChI is InChI=1S/C13H17N3O3/c1-4-9-5-10-13(19)16(7-11(17)18)14-12(8(2)3)15(10)6-9/h5-6,8H,4,7H2,1-3H3,(H,17,18). The number of nitrogens with zero attached hydrogens (tertiary/aromatic N) is 3. The van der Waals surface area contributed by atoms with E-state index >= 15 is 0 Å². The molecule has 0 spiro atoms. The van der Waals surface area contributed by atoms with Gasteiger partial charge in [0.25, 0.3) is 5.56 Å². The van der Waals surface area contributed by atoms with Gasteiger partial charge >= 0.3 is 5.97 Å². The number of carbonyl (C=O) groups is 1. The molecular formula is C13H17N3O3. The molecule has 0 aromatic carbocycles. The predicted molar refractivity (Wildman–Crippen MR) is 70.6 cm³/mol. The summed E-state index contributed by atoms with van der Waals surface area (Å²) >= 11 is 0. The quantitative estimate of drug-likeness (QED) is 0.901. The second kappa shape index (κ2) is 4.87. The SMILES string of the molecule is CCc1cc2c(=O)n(CC(=O)O)nc(C(C)C)n2c1. The minimum absolute atomic E-state index is 0.0975. The first-order chi connectivity index (χ1) is 8.93. The molecule has 0 unspecified atom stereocenters. The fourth-order valence-corrected chi connectivity index (χ4v) is 2.04. The predicted octanol–water partition coefficient (Wildman–Crippen LogP) is 1.27. The van der Waals surface area contributed by atoms with E-state index in [9.17, 15) is 9.59 Å². The first kappa shape index (κ1) is 13.3. The van der Waals surface area contributed by atoms with Crippen LogP contribution >= 0.6 is 0 Å². The Labute approximate surface area is 110 Å². The number of hydrogen-bond acceptors (Lipinski definition) is 3. The summed E-state index contributed by atoms with van der Waals surface area (Å²) in [6.07, 6.45) is 2.71. The van der Waals surface area contributed by atoms with E-state index in [0.29, 0.717) is 11.3 Å². The van der Waals surface area contributed by atoms with Crippen LogP contribution in [0.5, 0.6) is 0 Å². The third-order valence-corrected chi connectivity index (χ3v) is 3.01. The number of carboxylic acid groups (broad SMARTS) is 1. The van der Waals surface area contributed by atoms with Crippen LogP contribution in [0.25, 0.3) is 5.52 Å². The molecule has 0 fully saturated rings. The highest BCUT2D eigenvalue weighted by Crippen LogP contribution is 2.15. The Morgan fingerprint density at radius 2 is 2.16 bits per heavy atom. The van der Waals surface area contributed by atoms with Gasteiger partial charge in [-0.25, -0.2) is 4.68 Å². The van der Waals surface area contributed by atoms with Crippen molar-refractivity contribution in [2.24, 2.45) is 0 Å². The lowest BCUT2D eigenvalue weighted by molar-refractivity contribution is -0.138. The minimum atomic E-state index is -1.07. The lowest BCUT2D eigenvalue weighted by Crippen LogP contribution is -2.30. The summed E-state index contributed by atoms with van der Waals surface area (Å²) in [5, 5.41) is 13.0. The Balaban J connectivity index is 2.76. The van der Waals surface area contributed by atoms with E-state index in [1.807, 2.05) is 27.0 Å². The molecule has 2 rings (SSSR count). The lowest BCUT2D eigenvalue weighted by atomic mass is 10.2. The van der Waals surface area contributed by atoms with Gasteiger partial charge in [-0.1, -0.05) is 20.8 Å². The normalized spacial score (nSPS) is 11.4. The Kier molecular flexibility index (Phi) is 3.42. The molecule has 2 aromatic heterocycles. The van der Waals surface area contributed by atoms with Crippen LogP contribution in [-0.4, -0.2) is 25.3 Å². The van der Waals surface area contributed by atoms with E-state index in [2.05, 4.69) is 5.10 Å². The molecule has 1 N–H and O–H groups in total. The number of hydrogen-bond donors (Lipinski definition) is 1. The Hall–Kier alpha value is -2.11. The van der Waals surface area contributed by atoms with Crippen molar-refractivity contribution >= 4 is 11.5 Å². The Bertz CT molecular complexity index is 682. The highest BCUT2D eigenvalue weighted by Gasteiger charge is 2.15. The summed E-state index contributed by atoms with van der Waals surface area (Å²) in [6, 6.07) is 1.80. The van der Waals surface area contributed by atoms with Gasteiger partial charge in [0, 0.05) is 12.1 Å². The summed E-state index contributed by atoms with van der Waals surface area (Å²) in [7, 11) is 0. The van der Waals surface area contributed by atoms with Gasteiger partial charge < -0.3 is 5.11 Å². The third-order valence-electron chi connectivity index (χ3n) is 3.01. The maximum Gasteiger partial charge on any atom is 0.325 e. The van der Waals surface area contributed by atoms with E-state index in [4.69, 9.17) is 5.11 Å². The molecule has 0 saturated heterocycles. The molecule has 0 aliphatic rings. The van der Waals surface area contributed by atoms with Crippen molar-refractivity contribution in [3.63, 3.8) is 0 Å². The third kappa shape index (κ3) is 2.38. The van der Waals surface area contributed by atoms with Gasteiger partial charge in [0.15, 0.2) is 0 Å². The van der Waals surface area contributed by atoms with Crippen molar-refractivity contribution in [2.75, 3.05) is 0 Å². The fraction of sp³-hybridized carbons (Fsp3) is 0.462. The van der Waals surface area contributed by atoms with Gasteiger partial charge in [-0.2, -0.15) is 5.10 Å². The fourth-order valence-electron chi connectivity index (χ4n) is 2.04. The van der Waals surface area contributed by atoms with Crippen LogP contribution in [0.15, 0.2) is 17.1 Å². The summed E-state index contributed by atoms with van der Waals surface area (Å²) < 4.78 is 2.79. The van der Waals surface area contributed by atoms with E-state index < -0.39 is 12.5 Å². The largest absolute Gasteiger partial charge is 0.480 e. The van der Waals surface area contributed by atoms with Crippen molar-refractivity contribution in [1.29, 1.82) is 0 Å². The van der Waals surface area contributed by atoms with Gasteiger partial charge in [0.1, 0.15) is 17.9 Å². The second-order valence-corrected chi connectivity index (χ2v) is 4.83. The van der Waals surface area contributed by atoms with Crippen LogP contribution in [0.3, 0.4) is 0 Å². The molecule has 0 atom stereocenters. The molecule has 6 nitrogen and oxygen atoms in total. The van der Waals surface area contributed by atoms with E-state index in [0.717, 1.165) is 16.7 Å². The average molecular weight is 263 g/mol. The summed E-state index contributed by atoms with van der Waals surface area (Å²) in [5.74, 6) is -0.285. The number of aryl methyl sites for hydroxylation is 1. The van der Waals surface area contributed by atoms with Crippen LogP contribution < -0.4 is 5.56 Å². The van der Waals surface area contributed by atoms with Crippen LogP contribution in [-0.2, 0) is 17.8 Å². The van der Waals surface area contributed by atoms with Crippen molar-refractivity contribution in [2.45, 2.75) is 39.7 Å². The van der Waals surface area contributed by atoms with E-state index in [1.165, 1.54) is 0 Å². The van der Waals surface area contributed by atoms with Gasteiger partial charge in [-0.3, -0.25) is 14.0 Å². The molecule has 0 radical (unpaired) electrons. The number of fused-ring (bicyclic) bond motifs is 1. The van der Waals surface area contributed by atoms with Crippen LogP contribution in [0.4, 0.5) is 0 Å². The molecule has 102 valence electrons. The summed E-state index contributed by atoms with van der Waals surface area (Å²) in [5.41, 5.74) is 1.15. The average Bonchev–Trinajstić information content (AvgIpc) is 2.76. The molecule has 2 aromatic rings. The van der Waals surface area contributed by atoms with E-state index in [-0.39, 0.29) is 11.5 Å². The molecule has 19 heavy (non-hydrogen) atoms. The number of aromatic nitrogens is 3. The zero-order valence-corrected chi connectivity index (χ0v) is 11.3. The monoisotopic (exact) mass is 263 g/mol. The van der Waals surface area contributed by atoms with E-state index in [1.54, 1.807) is 10.5 Å². The van der Waals surface area contributed by atoms with Crippen molar-refractivity contribution in [3.05, 3.63) is 34.0 Å². The first-order valence-corrected chi connectivity index (χ1v) is 6.27. The minimum Gasteiger partial charge on any atom is -0.480 e. The second-order valence-electron chi connectivity index (χ2n) is 4.83. The molecule has 6 heteroatoms. The van der Waals surface area contributed by atoms with Crippen molar-refractivity contribution in [1.82, 2.24) is 14.2 Å². The molecule has 2 heterocycles. The molecular weight excluding hydrogens is 246 g/mol. The molecule has 0 amide bonds. The zero-order valence-electron chi connectivity index (χ0n) is 11.3. The number of aliphatic carboxylic acids is 1. The molecule has 0 aliphatic carbocycles. The van der Waals surface area contributed by atoms with Crippen molar-refractivity contribution < 1.29 is 9.90 Å². The highest BCUT2D eigenvalue weighted by molar-refractivity contribution is 5.66. The highest BCUT2D eigenvalue weighted by atomic mass is 16.4. The smallest absolute Gasteiger partial charge is 0.325 e. The van der Waals surface area contributed by atoms with Crippen LogP contribution in [0, 0.1) is 0 Å². The Morgan fingerprint density at radius 1 is 1.47 bits per heavy atom. The maximum absolute atomic E-state index is 12.2. The van der Waals surface area contributed by atoms with Crippen LogP contribution in [0.2, 0.25) is 0 Å². The van der Waals surface area contributed by atoms with Crippen LogP contribution in [0.1, 0.15) is 38.1 Å². The van der Waals surface area contributed by atoms with Gasteiger partial charge in [-0.15, -0.1) is 0 Å². The topological polar surface area (TPSA) is 76.6 Å². The van der Waals surface area contributed by atoms with Gasteiger partial charge in [0.05, 0.1) is 0 Å². The van der Waals surface area contributed by atoms with Gasteiger partial charge in [-0.05, 0) is 18.1 Å². The Morgan fingerprint density at radius 3 is 2.68 bits per heavy atom. The number of carboxylic acids is 1. The maximum atomic E-state index is 12.2. The summed E-state index contributed by atoms with van der Waals surface area (Å²) in [4.78, 5) is 23.0.